The minimum atomic E-state index is -0.505. The zero-order valence-corrected chi connectivity index (χ0v) is 10.7. The summed E-state index contributed by atoms with van der Waals surface area (Å²) in [6.45, 7) is 3.19. The topological polar surface area (TPSA) is 40.5 Å². The van der Waals surface area contributed by atoms with Crippen LogP contribution in [0.25, 0.3) is 0 Å². The Bertz CT molecular complexity index is 634. The van der Waals surface area contributed by atoms with Crippen LogP contribution in [0.2, 0.25) is 0 Å². The first-order valence-electron chi connectivity index (χ1n) is 6.35. The van der Waals surface area contributed by atoms with Crippen molar-refractivity contribution in [2.24, 2.45) is 0 Å². The number of hydrogen-bond donors (Lipinski definition) is 0. The number of aryl methyl sites for hydroxylation is 1. The molecule has 1 aliphatic rings. The summed E-state index contributed by atoms with van der Waals surface area (Å²) in [5, 5.41) is 0. The number of pyridine rings is 1. The molecule has 0 spiro atoms. The summed E-state index contributed by atoms with van der Waals surface area (Å²) in [5.41, 5.74) is 1.63. The van der Waals surface area contributed by atoms with Crippen molar-refractivity contribution >= 4 is 0 Å². The normalized spacial score (nSPS) is 17.6. The molecule has 1 aromatic heterocycles. The van der Waals surface area contributed by atoms with Gasteiger partial charge in [-0.1, -0.05) is 30.3 Å². The first-order valence-corrected chi connectivity index (χ1v) is 6.35. The van der Waals surface area contributed by atoms with Crippen LogP contribution in [-0.4, -0.2) is 4.57 Å². The van der Waals surface area contributed by atoms with Gasteiger partial charge in [0.05, 0.1) is 12.3 Å². The van der Waals surface area contributed by atoms with Gasteiger partial charge in [0.25, 0.3) is 0 Å². The van der Waals surface area contributed by atoms with Crippen LogP contribution in [-0.2, 0) is 17.9 Å². The molecule has 98 valence electrons. The highest BCUT2D eigenvalue weighted by molar-refractivity contribution is 5.30. The maximum atomic E-state index is 11.9. The van der Waals surface area contributed by atoms with Crippen LogP contribution in [0.3, 0.4) is 0 Å². The number of nitrogens with zero attached hydrogens (tertiary/aromatic N) is 1. The molecule has 4 heteroatoms. The van der Waals surface area contributed by atoms with E-state index >= 15 is 0 Å². The molecule has 19 heavy (non-hydrogen) atoms. The van der Waals surface area contributed by atoms with Crippen molar-refractivity contribution in [3.05, 3.63) is 64.1 Å². The molecule has 0 amide bonds. The zero-order chi connectivity index (χ0) is 13.2. The average Bonchev–Trinajstić information content (AvgIpc) is 2.48. The van der Waals surface area contributed by atoms with E-state index < -0.39 is 6.29 Å². The molecule has 0 saturated carbocycles. The smallest absolute Gasteiger partial charge is 0.227 e. The fourth-order valence-corrected chi connectivity index (χ4v) is 2.24. The number of rotatable bonds is 2. The van der Waals surface area contributed by atoms with E-state index in [0.717, 1.165) is 17.8 Å². The van der Waals surface area contributed by atoms with E-state index in [0.29, 0.717) is 12.4 Å². The highest BCUT2D eigenvalue weighted by atomic mass is 16.7. The Morgan fingerprint density at radius 2 is 2.05 bits per heavy atom. The van der Waals surface area contributed by atoms with E-state index in [1.54, 1.807) is 6.20 Å². The summed E-state index contributed by atoms with van der Waals surface area (Å²) >= 11 is 0. The summed E-state index contributed by atoms with van der Waals surface area (Å²) in [4.78, 5) is 11.9. The monoisotopic (exact) mass is 257 g/mol. The lowest BCUT2D eigenvalue weighted by Crippen LogP contribution is -2.26. The van der Waals surface area contributed by atoms with E-state index in [-0.39, 0.29) is 5.43 Å². The lowest BCUT2D eigenvalue weighted by Gasteiger charge is -2.27. The number of fused-ring (bicyclic) bond motifs is 1. The first kappa shape index (κ1) is 12.0. The molecular weight excluding hydrogens is 242 g/mol. The molecule has 4 nitrogen and oxygen atoms in total. The van der Waals surface area contributed by atoms with Crippen LogP contribution in [0.15, 0.2) is 47.4 Å². The third-order valence-electron chi connectivity index (χ3n) is 3.25. The van der Waals surface area contributed by atoms with E-state index in [1.807, 2.05) is 41.8 Å². The molecule has 2 aromatic rings. The first-order chi connectivity index (χ1) is 9.29. The van der Waals surface area contributed by atoms with Crippen LogP contribution >= 0.6 is 0 Å². The van der Waals surface area contributed by atoms with Crippen LogP contribution in [0, 0.1) is 0 Å². The summed E-state index contributed by atoms with van der Waals surface area (Å²) in [6, 6.07) is 11.2. The minimum Gasteiger partial charge on any atom is -0.455 e. The van der Waals surface area contributed by atoms with Crippen molar-refractivity contribution in [3.63, 3.8) is 0 Å². The molecule has 0 aliphatic carbocycles. The van der Waals surface area contributed by atoms with Crippen molar-refractivity contribution in [2.75, 3.05) is 0 Å². The molecule has 0 fully saturated rings. The molecule has 0 saturated heterocycles. The second-order valence-corrected chi connectivity index (χ2v) is 4.41. The predicted molar refractivity (Wildman–Crippen MR) is 71.0 cm³/mol. The quantitative estimate of drug-likeness (QED) is 0.829. The summed E-state index contributed by atoms with van der Waals surface area (Å²) in [5.74, 6) is 0.407. The average molecular weight is 257 g/mol. The van der Waals surface area contributed by atoms with Crippen LogP contribution in [0.5, 0.6) is 5.75 Å². The Morgan fingerprint density at radius 3 is 2.79 bits per heavy atom. The number of benzene rings is 1. The molecule has 3 rings (SSSR count). The zero-order valence-electron chi connectivity index (χ0n) is 10.7. The maximum absolute atomic E-state index is 11.9. The number of hydrogen-bond acceptors (Lipinski definition) is 3. The van der Waals surface area contributed by atoms with Crippen LogP contribution in [0.4, 0.5) is 0 Å². The van der Waals surface area contributed by atoms with Gasteiger partial charge in [0, 0.05) is 24.4 Å². The summed E-state index contributed by atoms with van der Waals surface area (Å²) in [6.07, 6.45) is 1.27. The van der Waals surface area contributed by atoms with E-state index in [9.17, 15) is 4.79 Å². The maximum Gasteiger partial charge on any atom is 0.227 e. The van der Waals surface area contributed by atoms with E-state index in [1.165, 1.54) is 6.07 Å². The second kappa shape index (κ2) is 4.90. The molecule has 0 bridgehead atoms. The minimum absolute atomic E-state index is 0.0936. The highest BCUT2D eigenvalue weighted by Crippen LogP contribution is 2.30. The van der Waals surface area contributed by atoms with Crippen molar-refractivity contribution in [2.45, 2.75) is 26.4 Å². The van der Waals surface area contributed by atoms with Gasteiger partial charge in [-0.25, -0.2) is 0 Å². The highest BCUT2D eigenvalue weighted by Gasteiger charge is 2.25. The van der Waals surface area contributed by atoms with Crippen molar-refractivity contribution in [3.8, 4) is 5.75 Å². The lowest BCUT2D eigenvalue weighted by molar-refractivity contribution is -0.115. The standard InChI is InChI=1S/C15H15NO3/c1-2-16-9-8-13(17)14-12(16)10-18-15(19-14)11-6-4-3-5-7-11/h3-9,15H,2,10H2,1H3/t15-/m0/s1. The Morgan fingerprint density at radius 1 is 1.26 bits per heavy atom. The van der Waals surface area contributed by atoms with Gasteiger partial charge >= 0.3 is 0 Å². The van der Waals surface area contributed by atoms with Crippen molar-refractivity contribution < 1.29 is 9.47 Å². The molecular formula is C15H15NO3. The Kier molecular flexibility index (Phi) is 3.09. The van der Waals surface area contributed by atoms with Crippen molar-refractivity contribution in [1.82, 2.24) is 4.57 Å². The van der Waals surface area contributed by atoms with Crippen molar-refractivity contribution in [1.29, 1.82) is 0 Å². The van der Waals surface area contributed by atoms with Gasteiger partial charge in [-0.15, -0.1) is 0 Å². The van der Waals surface area contributed by atoms with E-state index in [4.69, 9.17) is 9.47 Å². The van der Waals surface area contributed by atoms with Crippen LogP contribution in [0.1, 0.15) is 24.5 Å². The fourth-order valence-electron chi connectivity index (χ4n) is 2.24. The van der Waals surface area contributed by atoms with Gasteiger partial charge in [0.2, 0.25) is 11.7 Å². The lowest BCUT2D eigenvalue weighted by atomic mass is 10.2. The Hall–Kier alpha value is -2.07. The van der Waals surface area contributed by atoms with Gasteiger partial charge in [-0.05, 0) is 6.92 Å². The van der Waals surface area contributed by atoms with Gasteiger partial charge in [-0.2, -0.15) is 0 Å². The van der Waals surface area contributed by atoms with Gasteiger partial charge in [0.1, 0.15) is 0 Å². The van der Waals surface area contributed by atoms with Crippen LogP contribution < -0.4 is 10.2 Å². The molecule has 1 aliphatic heterocycles. The molecule has 0 radical (unpaired) electrons. The molecule has 2 heterocycles. The predicted octanol–water partition coefficient (Wildman–Crippen LogP) is 2.48. The SMILES string of the molecule is CCn1ccc(=O)c2c1CO[C@H](c1ccccc1)O2. The third kappa shape index (κ3) is 2.15. The Balaban J connectivity index is 1.98. The largest absolute Gasteiger partial charge is 0.455 e. The summed E-state index contributed by atoms with van der Waals surface area (Å²) < 4.78 is 13.4. The second-order valence-electron chi connectivity index (χ2n) is 4.41. The molecule has 0 N–H and O–H groups in total. The molecule has 0 unspecified atom stereocenters. The third-order valence-corrected chi connectivity index (χ3v) is 3.25. The van der Waals surface area contributed by atoms with Gasteiger partial charge in [-0.3, -0.25) is 4.79 Å². The Labute approximate surface area is 111 Å². The van der Waals surface area contributed by atoms with E-state index in [2.05, 4.69) is 0 Å². The van der Waals surface area contributed by atoms with Gasteiger partial charge in [0.15, 0.2) is 5.75 Å². The fraction of sp³-hybridized carbons (Fsp3) is 0.267. The van der Waals surface area contributed by atoms with Gasteiger partial charge < -0.3 is 14.0 Å². The molecule has 1 aromatic carbocycles. The number of aromatic nitrogens is 1. The summed E-state index contributed by atoms with van der Waals surface area (Å²) in [7, 11) is 0. The molecule has 1 atom stereocenters. The number of ether oxygens (including phenoxy) is 2.